The molecular weight excluding hydrogens is 388 g/mol. The van der Waals surface area contributed by atoms with Gasteiger partial charge >= 0.3 is 5.97 Å². The molecule has 0 radical (unpaired) electrons. The molecule has 0 amide bonds. The number of esters is 1. The van der Waals surface area contributed by atoms with Crippen molar-refractivity contribution >= 4 is 5.97 Å². The molecule has 0 spiro atoms. The Bertz CT molecular complexity index is 673. The van der Waals surface area contributed by atoms with Crippen LogP contribution in [0.4, 0.5) is 0 Å². The van der Waals surface area contributed by atoms with Crippen molar-refractivity contribution in [2.45, 2.75) is 84.0 Å². The van der Waals surface area contributed by atoms with Gasteiger partial charge in [-0.15, -0.1) is 0 Å². The summed E-state index contributed by atoms with van der Waals surface area (Å²) in [6.45, 7) is 7.29. The van der Waals surface area contributed by atoms with Crippen LogP contribution in [0.2, 0.25) is 0 Å². The topological polar surface area (TPSA) is 66.8 Å². The van der Waals surface area contributed by atoms with Crippen molar-refractivity contribution in [3.63, 3.8) is 0 Å². The lowest BCUT2D eigenvalue weighted by Crippen LogP contribution is -2.30. The van der Waals surface area contributed by atoms with Gasteiger partial charge in [0.05, 0.1) is 25.4 Å². The second-order valence-corrected chi connectivity index (χ2v) is 9.76. The molecule has 174 valence electrons. The highest BCUT2D eigenvalue weighted by Crippen LogP contribution is 2.38. The molecule has 1 aromatic carbocycles. The van der Waals surface area contributed by atoms with Gasteiger partial charge in [-0.1, -0.05) is 70.4 Å². The van der Waals surface area contributed by atoms with E-state index in [0.29, 0.717) is 12.3 Å². The molecule has 1 saturated carbocycles. The maximum atomic E-state index is 11.7. The summed E-state index contributed by atoms with van der Waals surface area (Å²) in [6.07, 6.45) is 12.4. The van der Waals surface area contributed by atoms with Crippen molar-refractivity contribution in [2.24, 2.45) is 11.3 Å². The van der Waals surface area contributed by atoms with Gasteiger partial charge in [0.2, 0.25) is 0 Å². The molecule has 1 aliphatic carbocycles. The molecule has 31 heavy (non-hydrogen) atoms. The second kappa shape index (κ2) is 13.0. The average molecular weight is 431 g/mol. The third kappa shape index (κ3) is 8.42. The highest BCUT2D eigenvalue weighted by atomic mass is 16.5. The summed E-state index contributed by atoms with van der Waals surface area (Å²) >= 11 is 0. The third-order valence-corrected chi connectivity index (χ3v) is 6.94. The van der Waals surface area contributed by atoms with Crippen molar-refractivity contribution < 1.29 is 19.7 Å². The summed E-state index contributed by atoms with van der Waals surface area (Å²) in [6, 6.07) is 8.97. The zero-order chi connectivity index (χ0) is 22.7. The number of aliphatic hydroxyl groups excluding tert-OH is 2. The van der Waals surface area contributed by atoms with Crippen LogP contribution in [0.3, 0.4) is 0 Å². The number of ether oxygens (including phenoxy) is 1. The van der Waals surface area contributed by atoms with E-state index in [4.69, 9.17) is 9.84 Å². The Labute approximate surface area is 188 Å². The Morgan fingerprint density at radius 3 is 2.39 bits per heavy atom. The van der Waals surface area contributed by atoms with Crippen LogP contribution in [0.5, 0.6) is 0 Å². The highest BCUT2D eigenvalue weighted by molar-refractivity contribution is 5.87. The lowest BCUT2D eigenvalue weighted by atomic mass is 9.77. The maximum absolute atomic E-state index is 11.7. The molecule has 0 bridgehead atoms. The van der Waals surface area contributed by atoms with E-state index in [-0.39, 0.29) is 18.8 Å². The number of benzene rings is 1. The van der Waals surface area contributed by atoms with Crippen molar-refractivity contribution in [2.75, 3.05) is 19.8 Å². The molecular formula is C27H42O4. The van der Waals surface area contributed by atoms with Crippen molar-refractivity contribution in [3.8, 4) is 0 Å². The Balaban J connectivity index is 1.80. The van der Waals surface area contributed by atoms with Crippen LogP contribution < -0.4 is 0 Å². The van der Waals surface area contributed by atoms with E-state index in [9.17, 15) is 9.90 Å². The van der Waals surface area contributed by atoms with Gasteiger partial charge in [-0.25, -0.2) is 4.79 Å². The Kier molecular flexibility index (Phi) is 10.8. The second-order valence-electron chi connectivity index (χ2n) is 9.76. The molecule has 2 N–H and O–H groups in total. The predicted octanol–water partition coefficient (Wildman–Crippen LogP) is 5.56. The van der Waals surface area contributed by atoms with Crippen LogP contribution in [0.1, 0.15) is 88.7 Å². The van der Waals surface area contributed by atoms with Crippen LogP contribution in [0.15, 0.2) is 36.4 Å². The van der Waals surface area contributed by atoms with E-state index in [0.717, 1.165) is 12.3 Å². The molecule has 1 atom stereocenters. The van der Waals surface area contributed by atoms with Crippen molar-refractivity contribution in [1.29, 1.82) is 0 Å². The van der Waals surface area contributed by atoms with Crippen LogP contribution in [0, 0.1) is 11.3 Å². The molecule has 0 aromatic heterocycles. The first kappa shape index (κ1) is 25.6. The van der Waals surface area contributed by atoms with Gasteiger partial charge in [0.25, 0.3) is 0 Å². The number of unbranched alkanes of at least 4 members (excludes halogenated alkanes) is 2. The summed E-state index contributed by atoms with van der Waals surface area (Å²) < 4.78 is 5.22. The fourth-order valence-corrected chi connectivity index (χ4v) is 4.47. The number of carbonyl (C=O) groups excluding carboxylic acids is 1. The van der Waals surface area contributed by atoms with Gasteiger partial charge in [-0.3, -0.25) is 0 Å². The molecule has 0 aliphatic heterocycles. The number of rotatable bonds is 13. The number of hydrogen-bond acceptors (Lipinski definition) is 4. The summed E-state index contributed by atoms with van der Waals surface area (Å²) in [5, 5.41) is 18.8. The Morgan fingerprint density at radius 1 is 1.13 bits per heavy atom. The van der Waals surface area contributed by atoms with E-state index < -0.39 is 18.0 Å². The highest BCUT2D eigenvalue weighted by Gasteiger charge is 2.26. The van der Waals surface area contributed by atoms with Crippen molar-refractivity contribution in [1.82, 2.24) is 0 Å². The van der Waals surface area contributed by atoms with Gasteiger partial charge < -0.3 is 14.9 Å². The largest absolute Gasteiger partial charge is 0.462 e. The van der Waals surface area contributed by atoms with Gasteiger partial charge in [-0.2, -0.15) is 0 Å². The SMILES string of the molecule is C=C(CO)C(=O)OCC(C)(CO)CCc1ccc(C2CCC(CCCCC)CC2)cc1. The molecule has 1 unspecified atom stereocenters. The minimum Gasteiger partial charge on any atom is -0.462 e. The van der Waals surface area contributed by atoms with Gasteiger partial charge in [-0.05, 0) is 61.5 Å². The molecule has 0 heterocycles. The van der Waals surface area contributed by atoms with E-state index >= 15 is 0 Å². The van der Waals surface area contributed by atoms with E-state index in [1.54, 1.807) is 0 Å². The zero-order valence-corrected chi connectivity index (χ0v) is 19.6. The van der Waals surface area contributed by atoms with Gasteiger partial charge in [0, 0.05) is 5.41 Å². The first-order chi connectivity index (χ1) is 14.9. The minimum absolute atomic E-state index is 0.0332. The maximum Gasteiger partial charge on any atom is 0.335 e. The number of aliphatic hydroxyl groups is 2. The summed E-state index contributed by atoms with van der Waals surface area (Å²) in [5.41, 5.74) is 2.21. The molecule has 4 nitrogen and oxygen atoms in total. The lowest BCUT2D eigenvalue weighted by Gasteiger charge is -2.29. The van der Waals surface area contributed by atoms with E-state index in [1.165, 1.54) is 62.5 Å². The van der Waals surface area contributed by atoms with Gasteiger partial charge in [0.1, 0.15) is 0 Å². The fourth-order valence-electron chi connectivity index (χ4n) is 4.47. The number of carbonyl (C=O) groups is 1. The first-order valence-corrected chi connectivity index (χ1v) is 12.1. The van der Waals surface area contributed by atoms with E-state index in [1.807, 2.05) is 6.92 Å². The standard InChI is InChI=1S/C27H42O4/c1-4-5-6-7-22-8-12-24(13-9-22)25-14-10-23(11-15-25)16-17-27(3,19-29)20-31-26(30)21(2)18-28/h10-11,14-15,22,24,28-29H,2,4-9,12-13,16-20H2,1,3H3. The fraction of sp³-hybridized carbons (Fsp3) is 0.667. The number of hydrogen-bond donors (Lipinski definition) is 2. The molecule has 1 fully saturated rings. The minimum atomic E-state index is -0.605. The predicted molar refractivity (Wildman–Crippen MR) is 126 cm³/mol. The molecule has 1 aromatic rings. The first-order valence-electron chi connectivity index (χ1n) is 12.1. The Hall–Kier alpha value is -1.65. The quantitative estimate of drug-likeness (QED) is 0.244. The van der Waals surface area contributed by atoms with Crippen LogP contribution in [-0.4, -0.2) is 36.0 Å². The summed E-state index contributed by atoms with van der Waals surface area (Å²) in [4.78, 5) is 11.7. The van der Waals surface area contributed by atoms with Crippen molar-refractivity contribution in [3.05, 3.63) is 47.5 Å². The zero-order valence-electron chi connectivity index (χ0n) is 19.6. The Morgan fingerprint density at radius 2 is 1.81 bits per heavy atom. The molecule has 0 saturated heterocycles. The van der Waals surface area contributed by atoms with E-state index in [2.05, 4.69) is 37.8 Å². The van der Waals surface area contributed by atoms with Crippen LogP contribution in [0.25, 0.3) is 0 Å². The summed E-state index contributed by atoms with van der Waals surface area (Å²) in [5.74, 6) is 1.02. The summed E-state index contributed by atoms with van der Waals surface area (Å²) in [7, 11) is 0. The molecule has 1 aliphatic rings. The molecule has 2 rings (SSSR count). The van der Waals surface area contributed by atoms with Gasteiger partial charge in [0.15, 0.2) is 0 Å². The smallest absolute Gasteiger partial charge is 0.335 e. The third-order valence-electron chi connectivity index (χ3n) is 6.94. The molecule has 4 heteroatoms. The lowest BCUT2D eigenvalue weighted by molar-refractivity contribution is -0.143. The van der Waals surface area contributed by atoms with Crippen LogP contribution in [-0.2, 0) is 16.0 Å². The normalized spacial score (nSPS) is 20.8. The average Bonchev–Trinajstić information content (AvgIpc) is 2.81. The number of aryl methyl sites for hydroxylation is 1. The van der Waals surface area contributed by atoms with Crippen LogP contribution >= 0.6 is 0 Å². The monoisotopic (exact) mass is 430 g/mol.